The van der Waals surface area contributed by atoms with Crippen molar-refractivity contribution in [3.8, 4) is 0 Å². The van der Waals surface area contributed by atoms with Gasteiger partial charge in [-0.25, -0.2) is 9.97 Å². The van der Waals surface area contributed by atoms with Crippen molar-refractivity contribution >= 4 is 22.7 Å². The molecular weight excluding hydrogens is 266 g/mol. The average molecular weight is 287 g/mol. The monoisotopic (exact) mass is 287 g/mol. The van der Waals surface area contributed by atoms with Crippen molar-refractivity contribution in [2.75, 3.05) is 50.4 Å². The Bertz CT molecular complexity index is 598. The first-order chi connectivity index (χ1) is 10.3. The molecule has 0 amide bonds. The predicted octanol–water partition coefficient (Wildman–Crippen LogP) is 1.35. The Kier molecular flexibility index (Phi) is 4.47. The average Bonchev–Trinajstić information content (AvgIpc) is 2.53. The number of morpholine rings is 1. The van der Waals surface area contributed by atoms with Crippen LogP contribution in [0.25, 0.3) is 11.0 Å². The molecule has 1 aromatic heterocycles. The lowest BCUT2D eigenvalue weighted by atomic mass is 10.3. The molecule has 0 unspecified atom stereocenters. The van der Waals surface area contributed by atoms with Crippen LogP contribution in [-0.2, 0) is 4.74 Å². The maximum atomic E-state index is 5.95. The van der Waals surface area contributed by atoms with Crippen LogP contribution in [0, 0.1) is 0 Å². The Labute approximate surface area is 124 Å². The van der Waals surface area contributed by atoms with Gasteiger partial charge in [-0.2, -0.15) is 0 Å². The van der Waals surface area contributed by atoms with E-state index < -0.39 is 0 Å². The van der Waals surface area contributed by atoms with Crippen LogP contribution in [0.4, 0.5) is 11.6 Å². The van der Waals surface area contributed by atoms with Gasteiger partial charge < -0.3 is 15.8 Å². The molecule has 112 valence electrons. The second-order valence-corrected chi connectivity index (χ2v) is 5.18. The fourth-order valence-corrected chi connectivity index (χ4v) is 2.48. The molecule has 0 radical (unpaired) electrons. The minimum atomic E-state index is 0.458. The molecule has 0 saturated carbocycles. The summed E-state index contributed by atoms with van der Waals surface area (Å²) in [7, 11) is 0. The number of ether oxygens (including phenoxy) is 1. The Morgan fingerprint density at radius 3 is 2.62 bits per heavy atom. The summed E-state index contributed by atoms with van der Waals surface area (Å²) in [6.45, 7) is 5.65. The van der Waals surface area contributed by atoms with Gasteiger partial charge in [-0.05, 0) is 25.1 Å². The van der Waals surface area contributed by atoms with Crippen molar-refractivity contribution < 1.29 is 4.74 Å². The summed E-state index contributed by atoms with van der Waals surface area (Å²) in [5.74, 6) is 1.13. The number of fused-ring (bicyclic) bond motifs is 1. The number of nitrogens with zero attached hydrogens (tertiary/aromatic N) is 3. The summed E-state index contributed by atoms with van der Waals surface area (Å²) < 4.78 is 5.34. The molecule has 0 aliphatic carbocycles. The molecule has 0 atom stereocenters. The lowest BCUT2D eigenvalue weighted by Gasteiger charge is -2.26. The first-order valence-electron chi connectivity index (χ1n) is 7.39. The number of para-hydroxylation sites is 2. The fourth-order valence-electron chi connectivity index (χ4n) is 2.48. The number of hydrogen-bond donors (Lipinski definition) is 2. The predicted molar refractivity (Wildman–Crippen MR) is 84.3 cm³/mol. The first-order valence-corrected chi connectivity index (χ1v) is 7.39. The second kappa shape index (κ2) is 6.69. The number of aromatic nitrogens is 2. The highest BCUT2D eigenvalue weighted by Gasteiger charge is 2.10. The first kappa shape index (κ1) is 14.0. The Balaban J connectivity index is 1.53. The highest BCUT2D eigenvalue weighted by molar-refractivity contribution is 5.79. The molecule has 6 nitrogen and oxygen atoms in total. The number of rotatable bonds is 5. The molecule has 1 saturated heterocycles. The van der Waals surface area contributed by atoms with Crippen molar-refractivity contribution in [2.45, 2.75) is 6.42 Å². The lowest BCUT2D eigenvalue weighted by molar-refractivity contribution is 0.0378. The van der Waals surface area contributed by atoms with Crippen molar-refractivity contribution in [3.05, 3.63) is 24.3 Å². The van der Waals surface area contributed by atoms with E-state index in [1.165, 1.54) is 0 Å². The Hall–Kier alpha value is -1.92. The van der Waals surface area contributed by atoms with E-state index in [2.05, 4.69) is 20.2 Å². The van der Waals surface area contributed by atoms with Crippen molar-refractivity contribution in [1.82, 2.24) is 14.9 Å². The highest BCUT2D eigenvalue weighted by atomic mass is 16.5. The molecular formula is C15H21N5O. The molecule has 3 N–H and O–H groups in total. The van der Waals surface area contributed by atoms with E-state index in [0.29, 0.717) is 11.6 Å². The van der Waals surface area contributed by atoms with Crippen LogP contribution in [0.2, 0.25) is 0 Å². The van der Waals surface area contributed by atoms with Gasteiger partial charge in [0.25, 0.3) is 0 Å². The van der Waals surface area contributed by atoms with Crippen LogP contribution < -0.4 is 11.1 Å². The Morgan fingerprint density at radius 1 is 1.14 bits per heavy atom. The minimum Gasteiger partial charge on any atom is -0.381 e. The van der Waals surface area contributed by atoms with Crippen LogP contribution in [0.15, 0.2) is 24.3 Å². The standard InChI is InChI=1S/C15H21N5O/c16-14-15(19-13-5-2-1-4-12(13)18-14)17-6-3-7-20-8-10-21-11-9-20/h1-2,4-5H,3,6-11H2,(H2,16,18)(H,17,19). The normalized spacial score (nSPS) is 16.2. The van der Waals surface area contributed by atoms with E-state index in [1.54, 1.807) is 0 Å². The van der Waals surface area contributed by atoms with E-state index in [-0.39, 0.29) is 0 Å². The van der Waals surface area contributed by atoms with Crippen molar-refractivity contribution in [1.29, 1.82) is 0 Å². The maximum Gasteiger partial charge on any atom is 0.169 e. The number of nitrogens with one attached hydrogen (secondary N) is 1. The molecule has 21 heavy (non-hydrogen) atoms. The number of benzene rings is 1. The van der Waals surface area contributed by atoms with Crippen molar-refractivity contribution in [2.24, 2.45) is 0 Å². The zero-order chi connectivity index (χ0) is 14.5. The molecule has 0 bridgehead atoms. The molecule has 1 aliphatic rings. The van der Waals surface area contributed by atoms with Gasteiger partial charge in [-0.1, -0.05) is 12.1 Å². The van der Waals surface area contributed by atoms with Crippen LogP contribution in [0.5, 0.6) is 0 Å². The molecule has 2 heterocycles. The van der Waals surface area contributed by atoms with Gasteiger partial charge in [0.15, 0.2) is 11.6 Å². The summed E-state index contributed by atoms with van der Waals surface area (Å²) in [6, 6.07) is 7.75. The molecule has 0 spiro atoms. The van der Waals surface area contributed by atoms with Gasteiger partial charge >= 0.3 is 0 Å². The van der Waals surface area contributed by atoms with E-state index in [0.717, 1.165) is 56.8 Å². The van der Waals surface area contributed by atoms with Gasteiger partial charge in [0, 0.05) is 19.6 Å². The summed E-state index contributed by atoms with van der Waals surface area (Å²) >= 11 is 0. The van der Waals surface area contributed by atoms with E-state index in [1.807, 2.05) is 24.3 Å². The number of nitrogen functional groups attached to an aromatic ring is 1. The van der Waals surface area contributed by atoms with E-state index >= 15 is 0 Å². The lowest BCUT2D eigenvalue weighted by Crippen LogP contribution is -2.37. The van der Waals surface area contributed by atoms with Crippen LogP contribution in [-0.4, -0.2) is 54.3 Å². The largest absolute Gasteiger partial charge is 0.381 e. The van der Waals surface area contributed by atoms with Gasteiger partial charge in [0.05, 0.1) is 24.2 Å². The third-order valence-electron chi connectivity index (χ3n) is 3.64. The quantitative estimate of drug-likeness (QED) is 0.808. The third-order valence-corrected chi connectivity index (χ3v) is 3.64. The summed E-state index contributed by atoms with van der Waals surface area (Å²) in [5, 5.41) is 3.29. The van der Waals surface area contributed by atoms with Crippen LogP contribution in [0.3, 0.4) is 0 Å². The van der Waals surface area contributed by atoms with E-state index in [9.17, 15) is 0 Å². The third kappa shape index (κ3) is 3.59. The summed E-state index contributed by atoms with van der Waals surface area (Å²) in [6.07, 6.45) is 1.05. The number of hydrogen-bond acceptors (Lipinski definition) is 6. The van der Waals surface area contributed by atoms with E-state index in [4.69, 9.17) is 10.5 Å². The minimum absolute atomic E-state index is 0.458. The number of nitrogens with two attached hydrogens (primary N) is 1. The highest BCUT2D eigenvalue weighted by Crippen LogP contribution is 2.18. The van der Waals surface area contributed by atoms with Gasteiger partial charge in [-0.15, -0.1) is 0 Å². The number of anilines is 2. The van der Waals surface area contributed by atoms with Crippen LogP contribution >= 0.6 is 0 Å². The van der Waals surface area contributed by atoms with Gasteiger partial charge in [-0.3, -0.25) is 4.90 Å². The molecule has 6 heteroatoms. The van der Waals surface area contributed by atoms with Crippen LogP contribution in [0.1, 0.15) is 6.42 Å². The molecule has 1 aromatic carbocycles. The smallest absolute Gasteiger partial charge is 0.169 e. The zero-order valence-electron chi connectivity index (χ0n) is 12.1. The van der Waals surface area contributed by atoms with Crippen molar-refractivity contribution in [3.63, 3.8) is 0 Å². The molecule has 1 fully saturated rings. The fraction of sp³-hybridized carbons (Fsp3) is 0.467. The van der Waals surface area contributed by atoms with Gasteiger partial charge in [0.2, 0.25) is 0 Å². The summed E-state index contributed by atoms with van der Waals surface area (Å²) in [4.78, 5) is 11.3. The zero-order valence-corrected chi connectivity index (χ0v) is 12.1. The van der Waals surface area contributed by atoms with Gasteiger partial charge in [0.1, 0.15) is 0 Å². The summed E-state index contributed by atoms with van der Waals surface area (Å²) in [5.41, 5.74) is 7.64. The molecule has 2 aromatic rings. The SMILES string of the molecule is Nc1nc2ccccc2nc1NCCCN1CCOCC1. The Morgan fingerprint density at radius 2 is 1.86 bits per heavy atom. The molecule has 1 aliphatic heterocycles. The molecule has 3 rings (SSSR count). The maximum absolute atomic E-state index is 5.95. The second-order valence-electron chi connectivity index (χ2n) is 5.18. The topological polar surface area (TPSA) is 76.3 Å².